The van der Waals surface area contributed by atoms with E-state index in [0.717, 1.165) is 4.31 Å². The lowest BCUT2D eigenvalue weighted by Crippen LogP contribution is -2.46. The van der Waals surface area contributed by atoms with Gasteiger partial charge in [-0.05, 0) is 0 Å². The summed E-state index contributed by atoms with van der Waals surface area (Å²) in [6, 6.07) is 0. The summed E-state index contributed by atoms with van der Waals surface area (Å²) in [6.45, 7) is 0.737. The molecule has 1 heterocycles. The van der Waals surface area contributed by atoms with Crippen LogP contribution in [-0.2, 0) is 10.2 Å². The third kappa shape index (κ3) is 3.05. The van der Waals surface area contributed by atoms with Crippen molar-refractivity contribution >= 4 is 28.1 Å². The Morgan fingerprint density at radius 1 is 1.38 bits per heavy atom. The smallest absolute Gasteiger partial charge is 0.419 e. The van der Waals surface area contributed by atoms with Crippen molar-refractivity contribution in [2.75, 3.05) is 24.6 Å². The molecule has 6 nitrogen and oxygen atoms in total. The Hall–Kier alpha value is -0.470. The number of amides is 1. The van der Waals surface area contributed by atoms with Crippen molar-refractivity contribution in [1.82, 2.24) is 9.03 Å². The van der Waals surface area contributed by atoms with E-state index in [1.807, 2.05) is 0 Å². The van der Waals surface area contributed by atoms with Crippen molar-refractivity contribution in [1.29, 1.82) is 0 Å². The second-order valence-electron chi connectivity index (χ2n) is 2.42. The second-order valence-corrected chi connectivity index (χ2v) is 5.32. The van der Waals surface area contributed by atoms with Crippen LogP contribution in [0.5, 0.6) is 0 Å². The molecule has 0 unspecified atom stereocenters. The number of nitrogens with one attached hydrogen (secondary N) is 1. The van der Waals surface area contributed by atoms with Crippen molar-refractivity contribution in [3.8, 4) is 0 Å². The quantitative estimate of drug-likeness (QED) is 0.666. The Kier molecular flexibility index (Phi) is 3.40. The van der Waals surface area contributed by atoms with Gasteiger partial charge >= 0.3 is 16.3 Å². The molecule has 0 radical (unpaired) electrons. The van der Waals surface area contributed by atoms with Crippen LogP contribution in [0, 0.1) is 0 Å². The van der Waals surface area contributed by atoms with Gasteiger partial charge in [0.25, 0.3) is 0 Å². The molecule has 76 valence electrons. The number of carbonyl (C=O) groups is 1. The minimum absolute atomic E-state index is 0.368. The van der Waals surface area contributed by atoms with Gasteiger partial charge in [-0.3, -0.25) is 0 Å². The Morgan fingerprint density at radius 2 is 1.92 bits per heavy atom. The maximum absolute atomic E-state index is 11.2. The first-order valence-corrected chi connectivity index (χ1v) is 6.20. The van der Waals surface area contributed by atoms with Gasteiger partial charge < -0.3 is 5.11 Å². The first-order chi connectivity index (χ1) is 6.02. The van der Waals surface area contributed by atoms with Gasteiger partial charge in [-0.25, -0.2) is 9.52 Å². The van der Waals surface area contributed by atoms with Crippen LogP contribution in [0.25, 0.3) is 0 Å². The fraction of sp³-hybridized carbons (Fsp3) is 0.800. The molecule has 13 heavy (non-hydrogen) atoms. The summed E-state index contributed by atoms with van der Waals surface area (Å²) < 4.78 is 25.1. The Balaban J connectivity index is 2.62. The van der Waals surface area contributed by atoms with Crippen LogP contribution in [0.15, 0.2) is 0 Å². The molecule has 0 bridgehead atoms. The highest BCUT2D eigenvalue weighted by molar-refractivity contribution is 7.99. The van der Waals surface area contributed by atoms with Crippen LogP contribution >= 0.6 is 11.8 Å². The molecule has 0 aromatic rings. The van der Waals surface area contributed by atoms with E-state index in [0.29, 0.717) is 24.6 Å². The summed E-state index contributed by atoms with van der Waals surface area (Å²) in [5.74, 6) is 1.42. The number of hydrogen-bond donors (Lipinski definition) is 2. The van der Waals surface area contributed by atoms with Crippen LogP contribution < -0.4 is 4.72 Å². The molecular weight excluding hydrogens is 216 g/mol. The van der Waals surface area contributed by atoms with Crippen molar-refractivity contribution in [3.63, 3.8) is 0 Å². The average Bonchev–Trinajstić information content (AvgIpc) is 2.04. The Bertz CT molecular complexity index is 283. The number of rotatable bonds is 2. The lowest BCUT2D eigenvalue weighted by atomic mass is 10.6. The van der Waals surface area contributed by atoms with Gasteiger partial charge in [0.2, 0.25) is 0 Å². The molecule has 0 atom stereocenters. The first-order valence-electron chi connectivity index (χ1n) is 3.61. The molecule has 2 N–H and O–H groups in total. The van der Waals surface area contributed by atoms with Crippen LogP contribution in [0.3, 0.4) is 0 Å². The highest BCUT2D eigenvalue weighted by Crippen LogP contribution is 2.11. The van der Waals surface area contributed by atoms with Crippen LogP contribution in [-0.4, -0.2) is 48.5 Å². The van der Waals surface area contributed by atoms with Gasteiger partial charge in [-0.2, -0.15) is 24.5 Å². The van der Waals surface area contributed by atoms with Gasteiger partial charge in [0.05, 0.1) is 0 Å². The zero-order valence-electron chi connectivity index (χ0n) is 6.76. The predicted molar refractivity (Wildman–Crippen MR) is 49.0 cm³/mol. The fourth-order valence-corrected chi connectivity index (χ4v) is 3.11. The SMILES string of the molecule is O=C(O)NS(=O)(=O)N1CCSCC1. The molecule has 0 aromatic carbocycles. The van der Waals surface area contributed by atoms with Crippen molar-refractivity contribution < 1.29 is 18.3 Å². The molecule has 0 spiro atoms. The minimum atomic E-state index is -3.81. The normalized spacial score (nSPS) is 19.7. The lowest BCUT2D eigenvalue weighted by Gasteiger charge is -2.24. The fourth-order valence-electron chi connectivity index (χ4n) is 0.962. The van der Waals surface area contributed by atoms with Crippen LogP contribution in [0.2, 0.25) is 0 Å². The molecule has 8 heteroatoms. The summed E-state index contributed by atoms with van der Waals surface area (Å²) in [5.41, 5.74) is 0. The van der Waals surface area contributed by atoms with E-state index < -0.39 is 16.3 Å². The molecular formula is C5H10N2O4S2. The highest BCUT2D eigenvalue weighted by Gasteiger charge is 2.25. The highest BCUT2D eigenvalue weighted by atomic mass is 32.2. The van der Waals surface area contributed by atoms with E-state index in [2.05, 4.69) is 0 Å². The number of thioether (sulfide) groups is 1. The zero-order chi connectivity index (χ0) is 9.90. The van der Waals surface area contributed by atoms with E-state index >= 15 is 0 Å². The zero-order valence-corrected chi connectivity index (χ0v) is 8.40. The molecule has 0 aliphatic carbocycles. The van der Waals surface area contributed by atoms with E-state index in [4.69, 9.17) is 5.11 Å². The van der Waals surface area contributed by atoms with Crippen molar-refractivity contribution in [2.24, 2.45) is 0 Å². The Morgan fingerprint density at radius 3 is 2.38 bits per heavy atom. The van der Waals surface area contributed by atoms with Crippen LogP contribution in [0.1, 0.15) is 0 Å². The summed E-state index contributed by atoms with van der Waals surface area (Å²) in [4.78, 5) is 10.1. The summed E-state index contributed by atoms with van der Waals surface area (Å²) in [7, 11) is -3.81. The largest absolute Gasteiger partial charge is 0.464 e. The van der Waals surface area contributed by atoms with E-state index in [9.17, 15) is 13.2 Å². The molecule has 1 aliphatic rings. The third-order valence-electron chi connectivity index (χ3n) is 1.53. The van der Waals surface area contributed by atoms with Gasteiger partial charge in [0, 0.05) is 24.6 Å². The molecule has 1 fully saturated rings. The van der Waals surface area contributed by atoms with E-state index in [1.54, 1.807) is 11.8 Å². The number of nitrogens with zero attached hydrogens (tertiary/aromatic N) is 1. The average molecular weight is 226 g/mol. The predicted octanol–water partition coefficient (Wildman–Crippen LogP) is -0.452. The third-order valence-corrected chi connectivity index (χ3v) is 3.95. The summed E-state index contributed by atoms with van der Waals surface area (Å²) >= 11 is 1.65. The molecule has 0 saturated carbocycles. The Labute approximate surface area is 80.5 Å². The van der Waals surface area contributed by atoms with Gasteiger partial charge in [-0.1, -0.05) is 0 Å². The monoisotopic (exact) mass is 226 g/mol. The second kappa shape index (κ2) is 4.16. The van der Waals surface area contributed by atoms with E-state index in [-0.39, 0.29) is 0 Å². The lowest BCUT2D eigenvalue weighted by molar-refractivity contribution is 0.200. The molecule has 1 amide bonds. The van der Waals surface area contributed by atoms with Gasteiger partial charge in [0.15, 0.2) is 0 Å². The summed E-state index contributed by atoms with van der Waals surface area (Å²) in [5, 5.41) is 8.26. The van der Waals surface area contributed by atoms with Crippen molar-refractivity contribution in [2.45, 2.75) is 0 Å². The summed E-state index contributed by atoms with van der Waals surface area (Å²) in [6.07, 6.45) is -1.54. The number of carboxylic acid groups (broad SMARTS) is 1. The van der Waals surface area contributed by atoms with Crippen LogP contribution in [0.4, 0.5) is 4.79 Å². The topological polar surface area (TPSA) is 86.7 Å². The van der Waals surface area contributed by atoms with E-state index in [1.165, 1.54) is 4.72 Å². The standard InChI is InChI=1S/C5H10N2O4S2/c8-5(9)6-13(10,11)7-1-3-12-4-2-7/h6H,1-4H2,(H,8,9). The maximum atomic E-state index is 11.2. The van der Waals surface area contributed by atoms with Crippen molar-refractivity contribution in [3.05, 3.63) is 0 Å². The number of hydrogen-bond acceptors (Lipinski definition) is 4. The molecule has 0 aromatic heterocycles. The van der Waals surface area contributed by atoms with Gasteiger partial charge in [-0.15, -0.1) is 0 Å². The first kappa shape index (κ1) is 10.6. The molecule has 1 aliphatic heterocycles. The van der Waals surface area contributed by atoms with Gasteiger partial charge in [0.1, 0.15) is 0 Å². The maximum Gasteiger partial charge on any atom is 0.419 e. The molecule has 1 rings (SSSR count). The molecule has 1 saturated heterocycles. The minimum Gasteiger partial charge on any atom is -0.464 e.